The van der Waals surface area contributed by atoms with Gasteiger partial charge in [0.25, 0.3) is 11.5 Å². The highest BCUT2D eigenvalue weighted by molar-refractivity contribution is 5.92. The zero-order valence-corrected chi connectivity index (χ0v) is 15.8. The number of nitrogens with one attached hydrogen (secondary N) is 1. The number of carbonyl (C=O) groups excluding carboxylic acids is 1. The fourth-order valence-electron chi connectivity index (χ4n) is 2.98. The van der Waals surface area contributed by atoms with Crippen molar-refractivity contribution in [2.45, 2.75) is 0 Å². The Morgan fingerprint density at radius 1 is 0.966 bits per heavy atom. The molecule has 1 amide bonds. The third-order valence-corrected chi connectivity index (χ3v) is 4.52. The number of fused-ring (bicyclic) bond motifs is 1. The molecular formula is C23H19N3O3. The molecule has 0 radical (unpaired) electrons. The molecule has 1 N–H and O–H groups in total. The minimum absolute atomic E-state index is 0.0809. The maximum absolute atomic E-state index is 12.2. The smallest absolute Gasteiger partial charge is 0.266 e. The molecule has 3 aromatic carbocycles. The van der Waals surface area contributed by atoms with Gasteiger partial charge in [-0.3, -0.25) is 9.59 Å². The van der Waals surface area contributed by atoms with Crippen LogP contribution in [0.25, 0.3) is 22.0 Å². The van der Waals surface area contributed by atoms with Crippen LogP contribution in [0.5, 0.6) is 5.75 Å². The zero-order chi connectivity index (χ0) is 20.2. The van der Waals surface area contributed by atoms with E-state index in [1.54, 1.807) is 25.2 Å². The number of nitrogens with zero attached hydrogens (tertiary/aromatic N) is 2. The Morgan fingerprint density at radius 3 is 2.48 bits per heavy atom. The summed E-state index contributed by atoms with van der Waals surface area (Å²) in [6.07, 6.45) is 0. The van der Waals surface area contributed by atoms with E-state index in [1.165, 1.54) is 10.7 Å². The Hall–Kier alpha value is -3.93. The largest absolute Gasteiger partial charge is 0.484 e. The Morgan fingerprint density at radius 2 is 1.72 bits per heavy atom. The molecule has 4 aromatic rings. The van der Waals surface area contributed by atoms with Crippen molar-refractivity contribution in [3.63, 3.8) is 0 Å². The highest BCUT2D eigenvalue weighted by Gasteiger charge is 2.06. The molecular weight excluding hydrogens is 366 g/mol. The van der Waals surface area contributed by atoms with Gasteiger partial charge in [-0.2, -0.15) is 5.10 Å². The molecule has 144 valence electrons. The number of hydrogen-bond acceptors (Lipinski definition) is 4. The molecule has 0 spiro atoms. The number of carbonyl (C=O) groups is 1. The lowest BCUT2D eigenvalue weighted by molar-refractivity contribution is -0.118. The number of amides is 1. The first-order valence-corrected chi connectivity index (χ1v) is 9.15. The van der Waals surface area contributed by atoms with Crippen molar-refractivity contribution in [3.05, 3.63) is 89.2 Å². The molecule has 0 aliphatic rings. The van der Waals surface area contributed by atoms with Gasteiger partial charge in [0.15, 0.2) is 6.61 Å². The summed E-state index contributed by atoms with van der Waals surface area (Å²) < 4.78 is 6.90. The molecule has 1 aromatic heterocycles. The topological polar surface area (TPSA) is 73.2 Å². The van der Waals surface area contributed by atoms with Crippen molar-refractivity contribution in [1.29, 1.82) is 0 Å². The number of anilines is 1. The summed E-state index contributed by atoms with van der Waals surface area (Å²) in [5.74, 6) is 0.404. The van der Waals surface area contributed by atoms with E-state index in [0.717, 1.165) is 16.3 Å². The predicted molar refractivity (Wildman–Crippen MR) is 113 cm³/mol. The summed E-state index contributed by atoms with van der Waals surface area (Å²) in [5, 5.41) is 9.21. The lowest BCUT2D eigenvalue weighted by Crippen LogP contribution is -2.20. The van der Waals surface area contributed by atoms with Crippen LogP contribution in [-0.4, -0.2) is 22.3 Å². The second-order valence-electron chi connectivity index (χ2n) is 6.60. The van der Waals surface area contributed by atoms with E-state index >= 15 is 0 Å². The average Bonchev–Trinajstić information content (AvgIpc) is 2.75. The lowest BCUT2D eigenvalue weighted by Gasteiger charge is -2.09. The molecule has 0 fully saturated rings. The summed E-state index contributed by atoms with van der Waals surface area (Å²) in [7, 11) is 1.61. The van der Waals surface area contributed by atoms with Crippen LogP contribution in [0.3, 0.4) is 0 Å². The van der Waals surface area contributed by atoms with Gasteiger partial charge in [0.05, 0.1) is 5.69 Å². The lowest BCUT2D eigenvalue weighted by atomic mass is 10.1. The summed E-state index contributed by atoms with van der Waals surface area (Å²) in [5.41, 5.74) is 2.03. The van der Waals surface area contributed by atoms with Gasteiger partial charge in [-0.1, -0.05) is 42.5 Å². The molecule has 29 heavy (non-hydrogen) atoms. The number of hydrogen-bond donors (Lipinski definition) is 1. The first kappa shape index (κ1) is 18.4. The molecule has 0 unspecified atom stereocenters. The molecule has 0 saturated heterocycles. The van der Waals surface area contributed by atoms with Gasteiger partial charge >= 0.3 is 0 Å². The number of benzene rings is 3. The second kappa shape index (κ2) is 7.98. The Balaban J connectivity index is 1.37. The van der Waals surface area contributed by atoms with Crippen LogP contribution in [0.2, 0.25) is 0 Å². The number of rotatable bonds is 5. The molecule has 0 atom stereocenters. The maximum atomic E-state index is 12.2. The highest BCUT2D eigenvalue weighted by atomic mass is 16.5. The number of ether oxygens (including phenoxy) is 1. The van der Waals surface area contributed by atoms with Crippen LogP contribution in [-0.2, 0) is 11.8 Å². The number of aromatic nitrogens is 2. The van der Waals surface area contributed by atoms with Crippen molar-refractivity contribution >= 4 is 22.4 Å². The van der Waals surface area contributed by atoms with Gasteiger partial charge in [-0.25, -0.2) is 4.68 Å². The maximum Gasteiger partial charge on any atom is 0.266 e. The van der Waals surface area contributed by atoms with Crippen molar-refractivity contribution in [2.24, 2.45) is 7.05 Å². The molecule has 0 aliphatic carbocycles. The molecule has 6 heteroatoms. The standard InChI is InChI=1S/C23H19N3O3/c1-26-23(28)13-12-21(25-26)17-6-9-19(10-7-17)24-22(27)15-29-20-11-8-16-4-2-3-5-18(16)14-20/h2-14H,15H2,1H3,(H,24,27). The Labute approximate surface area is 167 Å². The van der Waals surface area contributed by atoms with Crippen LogP contribution in [0.1, 0.15) is 0 Å². The Kier molecular flexibility index (Phi) is 5.07. The molecule has 0 saturated carbocycles. The first-order chi connectivity index (χ1) is 14.1. The molecule has 0 bridgehead atoms. The van der Waals surface area contributed by atoms with Crippen molar-refractivity contribution in [1.82, 2.24) is 9.78 Å². The van der Waals surface area contributed by atoms with E-state index in [-0.39, 0.29) is 18.1 Å². The summed E-state index contributed by atoms with van der Waals surface area (Å²) in [6, 6.07) is 24.1. The van der Waals surface area contributed by atoms with Crippen molar-refractivity contribution < 1.29 is 9.53 Å². The average molecular weight is 385 g/mol. The van der Waals surface area contributed by atoms with Gasteiger partial charge in [0.1, 0.15) is 5.75 Å². The van der Waals surface area contributed by atoms with Gasteiger partial charge in [0.2, 0.25) is 0 Å². The van der Waals surface area contributed by atoms with Gasteiger partial charge in [-0.15, -0.1) is 0 Å². The van der Waals surface area contributed by atoms with Gasteiger partial charge in [-0.05, 0) is 41.1 Å². The van der Waals surface area contributed by atoms with Crippen molar-refractivity contribution in [3.8, 4) is 17.0 Å². The zero-order valence-electron chi connectivity index (χ0n) is 15.8. The second-order valence-corrected chi connectivity index (χ2v) is 6.60. The van der Waals surface area contributed by atoms with Crippen LogP contribution in [0.4, 0.5) is 5.69 Å². The SMILES string of the molecule is Cn1nc(-c2ccc(NC(=O)COc3ccc4ccccc4c3)cc2)ccc1=O. The molecule has 0 aliphatic heterocycles. The third-order valence-electron chi connectivity index (χ3n) is 4.52. The van der Waals surface area contributed by atoms with E-state index in [4.69, 9.17) is 4.74 Å². The van der Waals surface area contributed by atoms with Gasteiger partial charge < -0.3 is 10.1 Å². The van der Waals surface area contributed by atoms with Gasteiger partial charge in [0, 0.05) is 24.4 Å². The highest BCUT2D eigenvalue weighted by Crippen LogP contribution is 2.21. The first-order valence-electron chi connectivity index (χ1n) is 9.15. The normalized spacial score (nSPS) is 10.7. The van der Waals surface area contributed by atoms with E-state index in [2.05, 4.69) is 10.4 Å². The third kappa shape index (κ3) is 4.32. The quantitative estimate of drug-likeness (QED) is 0.570. The minimum Gasteiger partial charge on any atom is -0.484 e. The van der Waals surface area contributed by atoms with E-state index in [9.17, 15) is 9.59 Å². The minimum atomic E-state index is -0.244. The van der Waals surface area contributed by atoms with Crippen LogP contribution < -0.4 is 15.6 Å². The predicted octanol–water partition coefficient (Wildman–Crippen LogP) is 3.62. The molecule has 6 nitrogen and oxygen atoms in total. The Bertz CT molecular complexity index is 1230. The van der Waals surface area contributed by atoms with Crippen LogP contribution >= 0.6 is 0 Å². The fourth-order valence-corrected chi connectivity index (χ4v) is 2.98. The summed E-state index contributed by atoms with van der Waals surface area (Å²) in [4.78, 5) is 23.6. The van der Waals surface area contributed by atoms with Crippen molar-refractivity contribution in [2.75, 3.05) is 11.9 Å². The monoisotopic (exact) mass is 385 g/mol. The molecule has 4 rings (SSSR count). The van der Waals surface area contributed by atoms with E-state index < -0.39 is 0 Å². The number of aryl methyl sites for hydroxylation is 1. The van der Waals surface area contributed by atoms with E-state index in [0.29, 0.717) is 17.1 Å². The fraction of sp³-hybridized carbons (Fsp3) is 0.0870. The van der Waals surface area contributed by atoms with Crippen LogP contribution in [0.15, 0.2) is 83.7 Å². The molecule has 1 heterocycles. The van der Waals surface area contributed by atoms with E-state index in [1.807, 2.05) is 54.6 Å². The summed E-state index contributed by atoms with van der Waals surface area (Å²) in [6.45, 7) is -0.0809. The van der Waals surface area contributed by atoms with Crippen LogP contribution in [0, 0.1) is 0 Å². The summed E-state index contributed by atoms with van der Waals surface area (Å²) >= 11 is 0.